The fourth-order valence-electron chi connectivity index (χ4n) is 2.23. The van der Waals surface area contributed by atoms with E-state index in [1.807, 2.05) is 29.9 Å². The number of hydrogen-bond donors (Lipinski definition) is 1. The molecule has 8 heteroatoms. The van der Waals surface area contributed by atoms with E-state index in [0.29, 0.717) is 16.2 Å². The third-order valence-corrected chi connectivity index (χ3v) is 4.92. The van der Waals surface area contributed by atoms with E-state index in [4.69, 9.17) is 17.0 Å². The summed E-state index contributed by atoms with van der Waals surface area (Å²) in [6.45, 7) is 0. The maximum atomic E-state index is 12.5. The van der Waals surface area contributed by atoms with Gasteiger partial charge in [-0.05, 0) is 54.7 Å². The number of aromatic nitrogens is 1. The first-order valence-electron chi connectivity index (χ1n) is 7.34. The van der Waals surface area contributed by atoms with Crippen LogP contribution in [0.3, 0.4) is 0 Å². The minimum absolute atomic E-state index is 0.285. The third-order valence-electron chi connectivity index (χ3n) is 3.62. The first-order valence-corrected chi connectivity index (χ1v) is 8.56. The monoisotopic (exact) mass is 373 g/mol. The Kier molecular flexibility index (Phi) is 4.91. The van der Waals surface area contributed by atoms with Crippen LogP contribution in [0, 0.1) is 0 Å². The quantitative estimate of drug-likeness (QED) is 0.659. The molecule has 1 aromatic heterocycles. The van der Waals surface area contributed by atoms with E-state index >= 15 is 0 Å². The number of ether oxygens (including phenoxy) is 1. The zero-order valence-corrected chi connectivity index (χ0v) is 15.2. The molecule has 0 bridgehead atoms. The predicted molar refractivity (Wildman–Crippen MR) is 101 cm³/mol. The van der Waals surface area contributed by atoms with Crippen LogP contribution in [0.4, 0.5) is 0 Å². The van der Waals surface area contributed by atoms with Gasteiger partial charge in [-0.2, -0.15) is 5.01 Å². The number of rotatable bonds is 4. The molecule has 6 nitrogen and oxygen atoms in total. The number of hydrazine groups is 1. The molecule has 1 aliphatic rings. The zero-order valence-electron chi connectivity index (χ0n) is 13.6. The molecule has 0 spiro atoms. The van der Waals surface area contributed by atoms with Gasteiger partial charge in [-0.25, -0.2) is 0 Å². The Bertz CT molecular complexity index is 872. The van der Waals surface area contributed by atoms with Crippen molar-refractivity contribution in [2.24, 2.45) is 7.05 Å². The number of nitrogens with one attached hydrogen (secondary N) is 1. The highest BCUT2D eigenvalue weighted by atomic mass is 32.2. The second kappa shape index (κ2) is 7.12. The van der Waals surface area contributed by atoms with Crippen LogP contribution in [0.1, 0.15) is 16.1 Å². The fourth-order valence-corrected chi connectivity index (χ4v) is 3.40. The molecule has 128 valence electrons. The van der Waals surface area contributed by atoms with Crippen molar-refractivity contribution in [2.45, 2.75) is 0 Å². The maximum Gasteiger partial charge on any atom is 0.285 e. The van der Waals surface area contributed by atoms with Crippen LogP contribution in [-0.2, 0) is 11.8 Å². The lowest BCUT2D eigenvalue weighted by Gasteiger charge is -2.15. The van der Waals surface area contributed by atoms with Gasteiger partial charge in [0.15, 0.2) is 4.32 Å². The summed E-state index contributed by atoms with van der Waals surface area (Å²) >= 11 is 6.37. The van der Waals surface area contributed by atoms with Crippen LogP contribution in [0.5, 0.6) is 5.75 Å². The highest BCUT2D eigenvalue weighted by Gasteiger charge is 2.33. The van der Waals surface area contributed by atoms with Crippen molar-refractivity contribution in [1.29, 1.82) is 0 Å². The molecule has 1 saturated heterocycles. The minimum atomic E-state index is -0.418. The number of aryl methyl sites for hydroxylation is 1. The smallest absolute Gasteiger partial charge is 0.285 e. The predicted octanol–water partition coefficient (Wildman–Crippen LogP) is 2.58. The molecule has 0 aliphatic carbocycles. The van der Waals surface area contributed by atoms with Crippen LogP contribution in [0.2, 0.25) is 0 Å². The number of thiocarbonyl (C=S) groups is 1. The van der Waals surface area contributed by atoms with Crippen molar-refractivity contribution >= 4 is 46.2 Å². The summed E-state index contributed by atoms with van der Waals surface area (Å²) in [4.78, 5) is 25.3. The number of nitrogens with zero attached hydrogens (tertiary/aromatic N) is 2. The number of carbonyl (C=O) groups excluding carboxylic acids is 2. The van der Waals surface area contributed by atoms with E-state index in [2.05, 4.69) is 5.43 Å². The van der Waals surface area contributed by atoms with E-state index in [9.17, 15) is 9.59 Å². The average molecular weight is 373 g/mol. The normalized spacial score (nSPS) is 15.8. The second-order valence-corrected chi connectivity index (χ2v) is 6.91. The first kappa shape index (κ1) is 17.2. The van der Waals surface area contributed by atoms with Crippen LogP contribution in [0.25, 0.3) is 6.08 Å². The van der Waals surface area contributed by atoms with Gasteiger partial charge in [0.05, 0.1) is 12.0 Å². The molecule has 0 saturated carbocycles. The van der Waals surface area contributed by atoms with Crippen molar-refractivity contribution in [3.8, 4) is 5.75 Å². The molecule has 2 amide bonds. The molecule has 1 aliphatic heterocycles. The number of benzene rings is 1. The van der Waals surface area contributed by atoms with Gasteiger partial charge < -0.3 is 9.30 Å². The van der Waals surface area contributed by atoms with Crippen molar-refractivity contribution in [1.82, 2.24) is 15.0 Å². The molecule has 2 heterocycles. The average Bonchev–Trinajstić information content (AvgIpc) is 3.13. The van der Waals surface area contributed by atoms with E-state index in [-0.39, 0.29) is 10.2 Å². The fraction of sp³-hybridized carbons (Fsp3) is 0.118. The summed E-state index contributed by atoms with van der Waals surface area (Å²) in [5, 5.41) is 1.10. The van der Waals surface area contributed by atoms with Crippen molar-refractivity contribution < 1.29 is 14.3 Å². The highest BCUT2D eigenvalue weighted by molar-refractivity contribution is 8.26. The van der Waals surface area contributed by atoms with Crippen LogP contribution in [0.15, 0.2) is 47.5 Å². The lowest BCUT2D eigenvalue weighted by atomic mass is 10.2. The second-order valence-electron chi connectivity index (χ2n) is 5.23. The van der Waals surface area contributed by atoms with E-state index in [0.717, 1.165) is 22.5 Å². The van der Waals surface area contributed by atoms with Gasteiger partial charge in [-0.1, -0.05) is 11.8 Å². The SMILES string of the molecule is COc1ccc(C(=O)NN2C(=O)C(=Cc3cccn3C)SC2=S)cc1. The highest BCUT2D eigenvalue weighted by Crippen LogP contribution is 2.31. The molecule has 0 atom stereocenters. The lowest BCUT2D eigenvalue weighted by molar-refractivity contribution is -0.123. The number of carbonyl (C=O) groups is 2. The Hall–Kier alpha value is -2.58. The standard InChI is InChI=1S/C17H15N3O3S2/c1-19-9-3-4-12(19)10-14-16(22)20(17(24)25-14)18-15(21)11-5-7-13(23-2)8-6-11/h3-10H,1-2H3,(H,18,21). The van der Waals surface area contributed by atoms with Crippen LogP contribution >= 0.6 is 24.0 Å². The molecule has 2 aromatic rings. The lowest BCUT2D eigenvalue weighted by Crippen LogP contribution is -2.44. The van der Waals surface area contributed by atoms with Gasteiger partial charge in [0.1, 0.15) is 5.75 Å². The topological polar surface area (TPSA) is 63.6 Å². The minimum Gasteiger partial charge on any atom is -0.497 e. The van der Waals surface area contributed by atoms with E-state index < -0.39 is 5.91 Å². The van der Waals surface area contributed by atoms with Gasteiger partial charge >= 0.3 is 0 Å². The Morgan fingerprint density at radius 3 is 2.60 bits per heavy atom. The molecule has 1 fully saturated rings. The van der Waals surface area contributed by atoms with E-state index in [1.165, 1.54) is 0 Å². The molecule has 1 N–H and O–H groups in total. The Morgan fingerprint density at radius 1 is 1.28 bits per heavy atom. The van der Waals surface area contributed by atoms with Crippen molar-refractivity contribution in [2.75, 3.05) is 7.11 Å². The largest absolute Gasteiger partial charge is 0.497 e. The summed E-state index contributed by atoms with van der Waals surface area (Å²) in [6, 6.07) is 10.4. The molecule has 0 unspecified atom stereocenters. The maximum absolute atomic E-state index is 12.5. The molecule has 25 heavy (non-hydrogen) atoms. The summed E-state index contributed by atoms with van der Waals surface area (Å²) in [5.74, 6) is -0.121. The van der Waals surface area contributed by atoms with Crippen LogP contribution < -0.4 is 10.2 Å². The Labute approximate surface area is 154 Å². The third kappa shape index (κ3) is 3.59. The number of amides is 2. The van der Waals surface area contributed by atoms with Gasteiger partial charge in [0.25, 0.3) is 11.8 Å². The first-order chi connectivity index (χ1) is 12.0. The molecule has 0 radical (unpaired) electrons. The summed E-state index contributed by atoms with van der Waals surface area (Å²) in [5.41, 5.74) is 3.83. The Morgan fingerprint density at radius 2 is 2.00 bits per heavy atom. The van der Waals surface area contributed by atoms with Crippen LogP contribution in [-0.4, -0.2) is 32.8 Å². The number of methoxy groups -OCH3 is 1. The molecular formula is C17H15N3O3S2. The van der Waals surface area contributed by atoms with Crippen molar-refractivity contribution in [3.63, 3.8) is 0 Å². The van der Waals surface area contributed by atoms with Gasteiger partial charge in [0, 0.05) is 24.5 Å². The number of thioether (sulfide) groups is 1. The molecule has 1 aromatic carbocycles. The number of hydrogen-bond acceptors (Lipinski definition) is 5. The summed E-state index contributed by atoms with van der Waals surface area (Å²) in [7, 11) is 3.44. The van der Waals surface area contributed by atoms with Gasteiger partial charge in [0.2, 0.25) is 0 Å². The van der Waals surface area contributed by atoms with Gasteiger partial charge in [-0.15, -0.1) is 0 Å². The van der Waals surface area contributed by atoms with Gasteiger partial charge in [-0.3, -0.25) is 15.0 Å². The Balaban J connectivity index is 1.75. The molecule has 3 rings (SSSR count). The molecular weight excluding hydrogens is 358 g/mol. The zero-order chi connectivity index (χ0) is 18.0. The summed E-state index contributed by atoms with van der Waals surface area (Å²) in [6.07, 6.45) is 3.64. The summed E-state index contributed by atoms with van der Waals surface area (Å²) < 4.78 is 7.24. The van der Waals surface area contributed by atoms with Crippen molar-refractivity contribution in [3.05, 3.63) is 58.8 Å². The van der Waals surface area contributed by atoms with E-state index in [1.54, 1.807) is 37.5 Å².